The highest BCUT2D eigenvalue weighted by atomic mass is 35.7. The second-order valence-corrected chi connectivity index (χ2v) is 8.53. The van der Waals surface area contributed by atoms with Gasteiger partial charge >= 0.3 is 0 Å². The van der Waals surface area contributed by atoms with Crippen LogP contribution in [0.15, 0.2) is 27.9 Å². The molecule has 1 N–H and O–H groups in total. The molecule has 0 atom stereocenters. The van der Waals surface area contributed by atoms with Crippen LogP contribution >= 0.6 is 10.7 Å². The summed E-state index contributed by atoms with van der Waals surface area (Å²) < 4.78 is 30.3. The normalized spacial score (nSPS) is 11.9. The standard InChI is InChI=1S/C17H19ClN4O4S/c1-4-6-12-14-15(22(3)21-12)17(23)20-16(19-14)11-8-7-10(27(18,24)25)9-13(11)26-5-2/h7-9H,4-6H2,1-3H3,(H,19,20,23). The lowest BCUT2D eigenvalue weighted by atomic mass is 10.1. The summed E-state index contributed by atoms with van der Waals surface area (Å²) in [6.45, 7) is 4.10. The molecule has 0 unspecified atom stereocenters. The predicted molar refractivity (Wildman–Crippen MR) is 103 cm³/mol. The molecule has 2 heterocycles. The van der Waals surface area contributed by atoms with Crippen LogP contribution in [-0.2, 0) is 22.5 Å². The van der Waals surface area contributed by atoms with Gasteiger partial charge < -0.3 is 9.72 Å². The van der Waals surface area contributed by atoms with Gasteiger partial charge in [-0.1, -0.05) is 13.3 Å². The molecule has 0 aliphatic heterocycles. The van der Waals surface area contributed by atoms with Gasteiger partial charge in [-0.15, -0.1) is 0 Å². The minimum atomic E-state index is -3.91. The van der Waals surface area contributed by atoms with Crippen LogP contribution in [0, 0.1) is 0 Å². The van der Waals surface area contributed by atoms with E-state index in [9.17, 15) is 13.2 Å². The van der Waals surface area contributed by atoms with E-state index in [0.717, 1.165) is 12.1 Å². The molecule has 27 heavy (non-hydrogen) atoms. The van der Waals surface area contributed by atoms with Crippen molar-refractivity contribution in [3.05, 3.63) is 34.2 Å². The predicted octanol–water partition coefficient (Wildman–Crippen LogP) is 2.60. The number of nitrogens with one attached hydrogen (secondary N) is 1. The summed E-state index contributed by atoms with van der Waals surface area (Å²) >= 11 is 0. The Kier molecular flexibility index (Phi) is 5.25. The van der Waals surface area contributed by atoms with Crippen molar-refractivity contribution in [1.29, 1.82) is 0 Å². The first-order valence-electron chi connectivity index (χ1n) is 8.44. The molecule has 10 heteroatoms. The van der Waals surface area contributed by atoms with Crippen molar-refractivity contribution in [3.63, 3.8) is 0 Å². The largest absolute Gasteiger partial charge is 0.493 e. The highest BCUT2D eigenvalue weighted by Gasteiger charge is 2.19. The van der Waals surface area contributed by atoms with E-state index in [1.165, 1.54) is 22.9 Å². The summed E-state index contributed by atoms with van der Waals surface area (Å²) in [6, 6.07) is 4.18. The highest BCUT2D eigenvalue weighted by Crippen LogP contribution is 2.32. The molecule has 144 valence electrons. The molecule has 0 radical (unpaired) electrons. The minimum absolute atomic E-state index is 0.0900. The molecular formula is C17H19ClN4O4S. The van der Waals surface area contributed by atoms with Crippen LogP contribution < -0.4 is 10.3 Å². The van der Waals surface area contributed by atoms with E-state index in [4.69, 9.17) is 15.4 Å². The number of hydrogen-bond donors (Lipinski definition) is 1. The summed E-state index contributed by atoms with van der Waals surface area (Å²) in [5.74, 6) is 0.544. The van der Waals surface area contributed by atoms with Gasteiger partial charge in [0.25, 0.3) is 14.6 Å². The first-order chi connectivity index (χ1) is 12.8. The van der Waals surface area contributed by atoms with Crippen molar-refractivity contribution in [2.75, 3.05) is 6.61 Å². The summed E-state index contributed by atoms with van der Waals surface area (Å²) in [6.07, 6.45) is 1.55. The molecule has 0 saturated carbocycles. The zero-order chi connectivity index (χ0) is 19.8. The van der Waals surface area contributed by atoms with Crippen molar-refractivity contribution >= 4 is 30.8 Å². The van der Waals surface area contributed by atoms with Crippen molar-refractivity contribution in [2.45, 2.75) is 31.6 Å². The quantitative estimate of drug-likeness (QED) is 0.626. The first-order valence-corrected chi connectivity index (χ1v) is 10.7. The number of hydrogen-bond acceptors (Lipinski definition) is 6. The average Bonchev–Trinajstić information content (AvgIpc) is 2.91. The number of benzene rings is 1. The van der Waals surface area contributed by atoms with Gasteiger partial charge in [0.15, 0.2) is 5.52 Å². The molecule has 1 aromatic carbocycles. The third-order valence-electron chi connectivity index (χ3n) is 4.04. The molecular weight excluding hydrogens is 392 g/mol. The van der Waals surface area contributed by atoms with Crippen LogP contribution in [0.1, 0.15) is 26.0 Å². The molecule has 3 aromatic rings. The number of halogens is 1. The molecule has 0 amide bonds. The van der Waals surface area contributed by atoms with Gasteiger partial charge in [0.2, 0.25) is 0 Å². The SMILES string of the molecule is CCCc1nn(C)c2c(=O)[nH]c(-c3ccc(S(=O)(=O)Cl)cc3OCC)nc12. The Morgan fingerprint density at radius 2 is 2.04 bits per heavy atom. The summed E-state index contributed by atoms with van der Waals surface area (Å²) in [4.78, 5) is 19.8. The number of fused-ring (bicyclic) bond motifs is 1. The molecule has 0 bridgehead atoms. The summed E-state index contributed by atoms with van der Waals surface area (Å²) in [5.41, 5.74) is 1.78. The van der Waals surface area contributed by atoms with Crippen LogP contribution in [0.5, 0.6) is 5.75 Å². The third kappa shape index (κ3) is 3.70. The molecule has 3 rings (SSSR count). The van der Waals surface area contributed by atoms with Crippen molar-refractivity contribution in [1.82, 2.24) is 19.7 Å². The number of ether oxygens (including phenoxy) is 1. The van der Waals surface area contributed by atoms with Gasteiger partial charge in [0.05, 0.1) is 22.8 Å². The number of H-pyrrole nitrogens is 1. The maximum atomic E-state index is 12.6. The van der Waals surface area contributed by atoms with E-state index in [1.807, 2.05) is 6.92 Å². The van der Waals surface area contributed by atoms with E-state index in [2.05, 4.69) is 15.1 Å². The second kappa shape index (κ2) is 7.32. The number of aromatic nitrogens is 4. The lowest BCUT2D eigenvalue weighted by molar-refractivity contribution is 0.340. The lowest BCUT2D eigenvalue weighted by Gasteiger charge is -2.11. The van der Waals surface area contributed by atoms with E-state index in [-0.39, 0.29) is 22.0 Å². The number of nitrogens with zero attached hydrogens (tertiary/aromatic N) is 3. The Morgan fingerprint density at radius 1 is 1.30 bits per heavy atom. The van der Waals surface area contributed by atoms with Gasteiger partial charge in [0.1, 0.15) is 17.1 Å². The lowest BCUT2D eigenvalue weighted by Crippen LogP contribution is -2.13. The van der Waals surface area contributed by atoms with Gasteiger partial charge in [0, 0.05) is 23.8 Å². The second-order valence-electron chi connectivity index (χ2n) is 5.96. The zero-order valence-corrected chi connectivity index (χ0v) is 16.7. The van der Waals surface area contributed by atoms with Crippen LogP contribution in [0.2, 0.25) is 0 Å². The summed E-state index contributed by atoms with van der Waals surface area (Å²) in [5, 5.41) is 4.39. The fraction of sp³-hybridized carbons (Fsp3) is 0.353. The minimum Gasteiger partial charge on any atom is -0.493 e. The monoisotopic (exact) mass is 410 g/mol. The van der Waals surface area contributed by atoms with Crippen molar-refractivity contribution < 1.29 is 13.2 Å². The van der Waals surface area contributed by atoms with E-state index >= 15 is 0 Å². The topological polar surface area (TPSA) is 107 Å². The maximum absolute atomic E-state index is 12.6. The molecule has 0 saturated heterocycles. The van der Waals surface area contributed by atoms with Gasteiger partial charge in [-0.2, -0.15) is 5.10 Å². The molecule has 0 spiro atoms. The number of rotatable bonds is 6. The molecule has 0 aliphatic rings. The third-order valence-corrected chi connectivity index (χ3v) is 5.39. The first kappa shape index (κ1) is 19.4. The van der Waals surface area contributed by atoms with Crippen LogP contribution in [0.3, 0.4) is 0 Å². The van der Waals surface area contributed by atoms with Crippen molar-refractivity contribution in [2.24, 2.45) is 7.05 Å². The van der Waals surface area contributed by atoms with E-state index in [0.29, 0.717) is 29.6 Å². The Morgan fingerprint density at radius 3 is 2.67 bits per heavy atom. The maximum Gasteiger partial charge on any atom is 0.277 e. The average molecular weight is 411 g/mol. The van der Waals surface area contributed by atoms with E-state index in [1.54, 1.807) is 14.0 Å². The molecule has 0 aliphatic carbocycles. The van der Waals surface area contributed by atoms with E-state index < -0.39 is 9.05 Å². The zero-order valence-electron chi connectivity index (χ0n) is 15.1. The highest BCUT2D eigenvalue weighted by molar-refractivity contribution is 8.13. The van der Waals surface area contributed by atoms with Crippen LogP contribution in [0.25, 0.3) is 22.4 Å². The Bertz CT molecular complexity index is 1170. The van der Waals surface area contributed by atoms with Gasteiger partial charge in [-0.05, 0) is 25.5 Å². The van der Waals surface area contributed by atoms with Crippen molar-refractivity contribution in [3.8, 4) is 17.1 Å². The smallest absolute Gasteiger partial charge is 0.277 e. The fourth-order valence-electron chi connectivity index (χ4n) is 2.90. The molecule has 0 fully saturated rings. The Labute approximate surface area is 160 Å². The Hall–Kier alpha value is -2.39. The number of aryl methyl sites for hydroxylation is 2. The fourth-order valence-corrected chi connectivity index (χ4v) is 3.67. The van der Waals surface area contributed by atoms with Gasteiger partial charge in [-0.25, -0.2) is 13.4 Å². The van der Waals surface area contributed by atoms with Crippen LogP contribution in [0.4, 0.5) is 0 Å². The van der Waals surface area contributed by atoms with Gasteiger partial charge in [-0.3, -0.25) is 9.48 Å². The molecule has 2 aromatic heterocycles. The van der Waals surface area contributed by atoms with Crippen LogP contribution in [-0.4, -0.2) is 34.8 Å². The number of aromatic amines is 1. The molecule has 8 nitrogen and oxygen atoms in total. The Balaban J connectivity index is 2.25. The summed E-state index contributed by atoms with van der Waals surface area (Å²) in [7, 11) is 3.21.